The number of benzene rings is 2. The molecule has 2 fully saturated rings. The van der Waals surface area contributed by atoms with Gasteiger partial charge in [-0.3, -0.25) is 19.2 Å². The van der Waals surface area contributed by atoms with Crippen molar-refractivity contribution in [2.24, 2.45) is 5.92 Å². The molecule has 1 N–H and O–H groups in total. The first-order valence-electron chi connectivity index (χ1n) is 13.9. The molecule has 0 aromatic heterocycles. The van der Waals surface area contributed by atoms with E-state index >= 15 is 0 Å². The highest BCUT2D eigenvalue weighted by atomic mass is 32.2. The van der Waals surface area contributed by atoms with Crippen molar-refractivity contribution in [1.29, 1.82) is 0 Å². The van der Waals surface area contributed by atoms with Gasteiger partial charge in [-0.25, -0.2) is 8.42 Å². The molecule has 0 saturated carbocycles. The number of sulfone groups is 1. The predicted molar refractivity (Wildman–Crippen MR) is 155 cm³/mol. The second kappa shape index (κ2) is 12.4. The standard InChI is InChI=1S/C30H38N4O6S/c1-20(2)18-24(31-29(37)21-10-12-22(13-11-21)32(3)4)30(38)33-16-14-25-28(33)26(35)19-34(25)27(36)15-17-41(39,40)23-8-6-5-7-9-23/h5-13,20,24-25,28H,14-19H2,1-4H3,(H,31,37)/t24-,25?,28?/m0/s1. The first-order chi connectivity index (χ1) is 19.4. The van der Waals surface area contributed by atoms with Crippen LogP contribution in [0, 0.1) is 5.92 Å². The topological polar surface area (TPSA) is 124 Å². The maximum atomic E-state index is 13.7. The van der Waals surface area contributed by atoms with Gasteiger partial charge in [-0.1, -0.05) is 32.0 Å². The molecule has 3 atom stereocenters. The Morgan fingerprint density at radius 2 is 1.66 bits per heavy atom. The summed E-state index contributed by atoms with van der Waals surface area (Å²) in [5.74, 6) is -1.67. The lowest BCUT2D eigenvalue weighted by atomic mass is 10.0. The van der Waals surface area contributed by atoms with E-state index in [9.17, 15) is 27.6 Å². The van der Waals surface area contributed by atoms with Crippen LogP contribution < -0.4 is 10.2 Å². The van der Waals surface area contributed by atoms with Crippen molar-refractivity contribution in [3.63, 3.8) is 0 Å². The Morgan fingerprint density at radius 1 is 1.00 bits per heavy atom. The van der Waals surface area contributed by atoms with Gasteiger partial charge in [-0.2, -0.15) is 0 Å². The van der Waals surface area contributed by atoms with Gasteiger partial charge < -0.3 is 20.0 Å². The highest BCUT2D eigenvalue weighted by Gasteiger charge is 2.52. The van der Waals surface area contributed by atoms with Gasteiger partial charge in [0.05, 0.1) is 23.2 Å². The van der Waals surface area contributed by atoms with Gasteiger partial charge >= 0.3 is 0 Å². The summed E-state index contributed by atoms with van der Waals surface area (Å²) in [6.45, 7) is 4.02. The van der Waals surface area contributed by atoms with Crippen LogP contribution in [0.5, 0.6) is 0 Å². The molecule has 2 aromatic rings. The molecule has 2 aliphatic heterocycles. The van der Waals surface area contributed by atoms with Crippen LogP contribution >= 0.6 is 0 Å². The molecule has 2 unspecified atom stereocenters. The van der Waals surface area contributed by atoms with Gasteiger partial charge in [-0.15, -0.1) is 0 Å². The monoisotopic (exact) mass is 582 g/mol. The summed E-state index contributed by atoms with van der Waals surface area (Å²) in [5.41, 5.74) is 1.37. The minimum atomic E-state index is -3.65. The average Bonchev–Trinajstić information content (AvgIpc) is 3.52. The van der Waals surface area contributed by atoms with Crippen LogP contribution in [0.15, 0.2) is 59.5 Å². The van der Waals surface area contributed by atoms with E-state index in [-0.39, 0.29) is 53.7 Å². The van der Waals surface area contributed by atoms with Gasteiger partial charge in [0.25, 0.3) is 5.91 Å². The highest BCUT2D eigenvalue weighted by molar-refractivity contribution is 7.91. The molecule has 2 heterocycles. The van der Waals surface area contributed by atoms with Crippen LogP contribution in [-0.4, -0.2) is 92.8 Å². The van der Waals surface area contributed by atoms with E-state index in [1.807, 2.05) is 45.0 Å². The van der Waals surface area contributed by atoms with Crippen molar-refractivity contribution in [2.75, 3.05) is 37.8 Å². The second-order valence-corrected chi connectivity index (χ2v) is 13.4. The normalized spacial score (nSPS) is 19.3. The number of rotatable bonds is 10. The van der Waals surface area contributed by atoms with Gasteiger partial charge in [0.2, 0.25) is 11.8 Å². The summed E-state index contributed by atoms with van der Waals surface area (Å²) in [4.78, 5) is 57.9. The first-order valence-corrected chi connectivity index (χ1v) is 15.5. The molecule has 2 aromatic carbocycles. The number of carbonyl (C=O) groups is 4. The van der Waals surface area contributed by atoms with E-state index in [0.29, 0.717) is 18.4 Å². The number of Topliss-reactive ketones (excluding diaryl/α,β-unsaturated/α-hetero) is 1. The molecule has 2 saturated heterocycles. The third-order valence-corrected chi connectivity index (χ3v) is 9.40. The third kappa shape index (κ3) is 6.78. The van der Waals surface area contributed by atoms with E-state index in [4.69, 9.17) is 0 Å². The van der Waals surface area contributed by atoms with Crippen LogP contribution in [0.2, 0.25) is 0 Å². The second-order valence-electron chi connectivity index (χ2n) is 11.3. The first kappa shape index (κ1) is 30.2. The smallest absolute Gasteiger partial charge is 0.251 e. The molecule has 4 rings (SSSR count). The van der Waals surface area contributed by atoms with E-state index < -0.39 is 33.9 Å². The van der Waals surface area contributed by atoms with Crippen molar-refractivity contribution in [3.05, 3.63) is 60.2 Å². The number of likely N-dealkylation sites (tertiary alicyclic amines) is 2. The van der Waals surface area contributed by atoms with Crippen LogP contribution in [0.4, 0.5) is 5.69 Å². The van der Waals surface area contributed by atoms with Gasteiger partial charge in [0.15, 0.2) is 15.6 Å². The van der Waals surface area contributed by atoms with Crippen LogP contribution in [0.3, 0.4) is 0 Å². The lowest BCUT2D eigenvalue weighted by molar-refractivity contribution is -0.138. The minimum Gasteiger partial charge on any atom is -0.378 e. The van der Waals surface area contributed by atoms with Crippen molar-refractivity contribution in [2.45, 2.75) is 56.1 Å². The van der Waals surface area contributed by atoms with Crippen LogP contribution in [0.1, 0.15) is 43.5 Å². The molecule has 0 radical (unpaired) electrons. The maximum absolute atomic E-state index is 13.7. The molecule has 0 spiro atoms. The molecule has 2 aliphatic rings. The Bertz CT molecular complexity index is 1390. The van der Waals surface area contributed by atoms with Crippen LogP contribution in [-0.2, 0) is 24.2 Å². The van der Waals surface area contributed by atoms with Crippen molar-refractivity contribution in [1.82, 2.24) is 15.1 Å². The van der Waals surface area contributed by atoms with E-state index in [1.54, 1.807) is 30.3 Å². The molecule has 220 valence electrons. The number of hydrogen-bond donors (Lipinski definition) is 1. The molecular formula is C30H38N4O6S. The molecule has 11 heteroatoms. The number of hydrogen-bond acceptors (Lipinski definition) is 7. The summed E-state index contributed by atoms with van der Waals surface area (Å²) < 4.78 is 25.3. The lowest BCUT2D eigenvalue weighted by Crippen LogP contribution is -2.53. The lowest BCUT2D eigenvalue weighted by Gasteiger charge is -2.29. The Balaban J connectivity index is 1.43. The van der Waals surface area contributed by atoms with Gasteiger partial charge in [-0.05, 0) is 55.2 Å². The molecule has 0 bridgehead atoms. The molecule has 10 nitrogen and oxygen atoms in total. The molecule has 0 aliphatic carbocycles. The largest absolute Gasteiger partial charge is 0.378 e. The number of nitrogens with one attached hydrogen (secondary N) is 1. The minimum absolute atomic E-state index is 0.0997. The summed E-state index contributed by atoms with van der Waals surface area (Å²) in [5, 5.41) is 2.87. The Labute approximate surface area is 241 Å². The number of carbonyl (C=O) groups excluding carboxylic acids is 4. The number of nitrogens with zero attached hydrogens (tertiary/aromatic N) is 3. The molecule has 41 heavy (non-hydrogen) atoms. The average molecular weight is 583 g/mol. The third-order valence-electron chi connectivity index (χ3n) is 7.67. The van der Waals surface area contributed by atoms with Crippen molar-refractivity contribution >= 4 is 39.0 Å². The fourth-order valence-corrected chi connectivity index (χ4v) is 6.80. The number of fused-ring (bicyclic) bond motifs is 1. The fourth-order valence-electron chi connectivity index (χ4n) is 5.55. The highest BCUT2D eigenvalue weighted by Crippen LogP contribution is 2.31. The zero-order valence-corrected chi connectivity index (χ0v) is 24.8. The van der Waals surface area contributed by atoms with Gasteiger partial charge in [0, 0.05) is 38.3 Å². The predicted octanol–water partition coefficient (Wildman–Crippen LogP) is 2.14. The summed E-state index contributed by atoms with van der Waals surface area (Å²) in [7, 11) is 0.160. The van der Waals surface area contributed by atoms with Crippen molar-refractivity contribution in [3.8, 4) is 0 Å². The number of ketones is 1. The van der Waals surface area contributed by atoms with Crippen molar-refractivity contribution < 1.29 is 27.6 Å². The Kier molecular flexibility index (Phi) is 9.16. The quantitative estimate of drug-likeness (QED) is 0.455. The summed E-state index contributed by atoms with van der Waals surface area (Å²) >= 11 is 0. The Hall–Kier alpha value is -3.73. The van der Waals surface area contributed by atoms with E-state index in [1.165, 1.54) is 21.9 Å². The van der Waals surface area contributed by atoms with Gasteiger partial charge in [0.1, 0.15) is 12.1 Å². The van der Waals surface area contributed by atoms with E-state index in [2.05, 4.69) is 5.32 Å². The van der Waals surface area contributed by atoms with E-state index in [0.717, 1.165) is 5.69 Å². The zero-order valence-electron chi connectivity index (χ0n) is 23.9. The molecular weight excluding hydrogens is 544 g/mol. The SMILES string of the molecule is CC(C)C[C@H](NC(=O)c1ccc(N(C)C)cc1)C(=O)N1CCC2C1C(=O)CN2C(=O)CCS(=O)(=O)c1ccccc1. The number of anilines is 1. The van der Waals surface area contributed by atoms with Crippen LogP contribution in [0.25, 0.3) is 0 Å². The maximum Gasteiger partial charge on any atom is 0.251 e. The Morgan fingerprint density at radius 3 is 2.27 bits per heavy atom. The molecule has 3 amide bonds. The fraction of sp³-hybridized carbons (Fsp3) is 0.467. The zero-order chi connectivity index (χ0) is 29.9. The summed E-state index contributed by atoms with van der Waals surface area (Å²) in [6.07, 6.45) is 0.552. The summed E-state index contributed by atoms with van der Waals surface area (Å²) in [6, 6.07) is 12.9. The number of amides is 3.